The Morgan fingerprint density at radius 1 is 1.03 bits per heavy atom. The van der Waals surface area contributed by atoms with Crippen LogP contribution in [0.5, 0.6) is 0 Å². The van der Waals surface area contributed by atoms with Crippen molar-refractivity contribution < 1.29 is 21.6 Å². The summed E-state index contributed by atoms with van der Waals surface area (Å²) in [5.41, 5.74) is 1.87. The first-order valence-electron chi connectivity index (χ1n) is 10.0. The van der Waals surface area contributed by atoms with E-state index in [0.29, 0.717) is 11.1 Å². The van der Waals surface area contributed by atoms with Crippen molar-refractivity contribution in [1.29, 1.82) is 0 Å². The smallest absolute Gasteiger partial charge is 0.263 e. The van der Waals surface area contributed by atoms with E-state index in [0.717, 1.165) is 5.56 Å². The number of amides is 1. The highest BCUT2D eigenvalue weighted by molar-refractivity contribution is 7.90. The number of fused-ring (bicyclic) bond motifs is 1. The first-order chi connectivity index (χ1) is 15.0. The van der Waals surface area contributed by atoms with Gasteiger partial charge < -0.3 is 5.32 Å². The van der Waals surface area contributed by atoms with Gasteiger partial charge in [0.25, 0.3) is 10.0 Å². The molecule has 3 rings (SSSR count). The normalized spacial score (nSPS) is 17.1. The maximum atomic E-state index is 12.5. The molecular formula is C21H26N4O5S2. The van der Waals surface area contributed by atoms with Crippen LogP contribution in [0.4, 0.5) is 0 Å². The number of hydrogen-bond acceptors (Lipinski definition) is 6. The highest BCUT2D eigenvalue weighted by atomic mass is 32.2. The van der Waals surface area contributed by atoms with E-state index >= 15 is 0 Å². The molecule has 32 heavy (non-hydrogen) atoms. The third kappa shape index (κ3) is 5.93. The van der Waals surface area contributed by atoms with Crippen molar-refractivity contribution in [3.8, 4) is 0 Å². The Bertz CT molecular complexity index is 1240. The number of nitrogens with one attached hydrogen (secondary N) is 3. The summed E-state index contributed by atoms with van der Waals surface area (Å²) < 4.78 is 53.3. The second-order valence-electron chi connectivity index (χ2n) is 7.82. The average molecular weight is 479 g/mol. The SMILES string of the molecule is CC(C)NS(=O)(=O)Cc1ccc(CNC(=O)[C@H](C)N=C2NS(=O)(=O)c3ccccc32)cc1. The molecule has 0 fully saturated rings. The molecule has 1 aliphatic heterocycles. The van der Waals surface area contributed by atoms with E-state index in [4.69, 9.17) is 0 Å². The number of sulfonamides is 2. The molecule has 3 N–H and O–H groups in total. The molecular weight excluding hydrogens is 452 g/mol. The summed E-state index contributed by atoms with van der Waals surface area (Å²) in [5, 5.41) is 2.76. The average Bonchev–Trinajstić information content (AvgIpc) is 2.96. The number of hydrogen-bond donors (Lipinski definition) is 3. The van der Waals surface area contributed by atoms with E-state index in [2.05, 4.69) is 19.8 Å². The molecule has 11 heteroatoms. The van der Waals surface area contributed by atoms with Crippen LogP contribution in [0.15, 0.2) is 58.4 Å². The van der Waals surface area contributed by atoms with E-state index in [1.54, 1.807) is 63.2 Å². The van der Waals surface area contributed by atoms with Crippen LogP contribution in [0.2, 0.25) is 0 Å². The van der Waals surface area contributed by atoms with Gasteiger partial charge in [-0.25, -0.2) is 21.6 Å². The van der Waals surface area contributed by atoms with Gasteiger partial charge in [-0.15, -0.1) is 0 Å². The van der Waals surface area contributed by atoms with Crippen LogP contribution < -0.4 is 14.8 Å². The predicted molar refractivity (Wildman–Crippen MR) is 122 cm³/mol. The van der Waals surface area contributed by atoms with Crippen molar-refractivity contribution in [2.75, 3.05) is 0 Å². The van der Waals surface area contributed by atoms with Gasteiger partial charge in [0.15, 0.2) is 0 Å². The van der Waals surface area contributed by atoms with Crippen molar-refractivity contribution in [2.45, 2.75) is 50.0 Å². The molecule has 0 unspecified atom stereocenters. The molecule has 2 aromatic rings. The Morgan fingerprint density at radius 2 is 1.66 bits per heavy atom. The third-order valence-electron chi connectivity index (χ3n) is 4.63. The Kier molecular flexibility index (Phi) is 7.01. The second-order valence-corrected chi connectivity index (χ2v) is 11.2. The van der Waals surface area contributed by atoms with Crippen molar-refractivity contribution in [3.05, 3.63) is 65.2 Å². The van der Waals surface area contributed by atoms with Gasteiger partial charge in [-0.05, 0) is 44.0 Å². The van der Waals surface area contributed by atoms with Gasteiger partial charge >= 0.3 is 0 Å². The number of benzene rings is 2. The number of carbonyl (C=O) groups is 1. The zero-order valence-electron chi connectivity index (χ0n) is 18.0. The minimum absolute atomic E-state index is 0.121. The summed E-state index contributed by atoms with van der Waals surface area (Å²) in [6, 6.07) is 12.4. The molecule has 0 aromatic heterocycles. The van der Waals surface area contributed by atoms with E-state index < -0.39 is 26.1 Å². The highest BCUT2D eigenvalue weighted by Gasteiger charge is 2.31. The van der Waals surface area contributed by atoms with Crippen molar-refractivity contribution in [3.63, 3.8) is 0 Å². The molecule has 1 heterocycles. The quantitative estimate of drug-likeness (QED) is 0.525. The van der Waals surface area contributed by atoms with Crippen molar-refractivity contribution >= 4 is 31.8 Å². The molecule has 0 radical (unpaired) electrons. The monoisotopic (exact) mass is 478 g/mol. The Balaban J connectivity index is 1.60. The summed E-state index contributed by atoms with van der Waals surface area (Å²) in [5.74, 6) is -0.346. The fraction of sp³-hybridized carbons (Fsp3) is 0.333. The van der Waals surface area contributed by atoms with Crippen LogP contribution in [-0.4, -0.2) is 40.7 Å². The molecule has 0 bridgehead atoms. The van der Waals surface area contributed by atoms with Crippen LogP contribution >= 0.6 is 0 Å². The van der Waals surface area contributed by atoms with Crippen LogP contribution in [-0.2, 0) is 37.1 Å². The minimum Gasteiger partial charge on any atom is -0.350 e. The lowest BCUT2D eigenvalue weighted by atomic mass is 10.1. The highest BCUT2D eigenvalue weighted by Crippen LogP contribution is 2.22. The van der Waals surface area contributed by atoms with Gasteiger partial charge in [0, 0.05) is 18.2 Å². The zero-order valence-corrected chi connectivity index (χ0v) is 19.6. The molecule has 1 aliphatic rings. The van der Waals surface area contributed by atoms with Gasteiger partial charge in [-0.1, -0.05) is 36.4 Å². The minimum atomic E-state index is -3.67. The van der Waals surface area contributed by atoms with Crippen molar-refractivity contribution in [2.24, 2.45) is 4.99 Å². The molecule has 0 saturated heterocycles. The number of aliphatic imine (C=N–C) groups is 1. The summed E-state index contributed by atoms with van der Waals surface area (Å²) in [6.45, 7) is 5.33. The van der Waals surface area contributed by atoms with E-state index in [1.807, 2.05) is 0 Å². The first-order valence-corrected chi connectivity index (χ1v) is 13.2. The van der Waals surface area contributed by atoms with E-state index in [9.17, 15) is 21.6 Å². The lowest BCUT2D eigenvalue weighted by Crippen LogP contribution is -2.33. The van der Waals surface area contributed by atoms with E-state index in [1.165, 1.54) is 6.07 Å². The lowest BCUT2D eigenvalue weighted by molar-refractivity contribution is -0.122. The lowest BCUT2D eigenvalue weighted by Gasteiger charge is -2.11. The number of amidine groups is 1. The van der Waals surface area contributed by atoms with Crippen LogP contribution in [0.1, 0.15) is 37.5 Å². The van der Waals surface area contributed by atoms with Crippen LogP contribution in [0.25, 0.3) is 0 Å². The first kappa shape index (κ1) is 23.9. The maximum absolute atomic E-state index is 12.5. The fourth-order valence-electron chi connectivity index (χ4n) is 3.19. The largest absolute Gasteiger partial charge is 0.350 e. The predicted octanol–water partition coefficient (Wildman–Crippen LogP) is 1.26. The maximum Gasteiger partial charge on any atom is 0.263 e. The molecule has 2 aromatic carbocycles. The Labute approximate surface area is 188 Å². The summed E-state index contributed by atoms with van der Waals surface area (Å²) in [6.07, 6.45) is 0. The molecule has 9 nitrogen and oxygen atoms in total. The molecule has 172 valence electrons. The molecule has 1 amide bonds. The fourth-order valence-corrected chi connectivity index (χ4v) is 5.86. The summed E-state index contributed by atoms with van der Waals surface area (Å²) in [7, 11) is -7.07. The van der Waals surface area contributed by atoms with Gasteiger partial charge in [0.2, 0.25) is 15.9 Å². The number of carbonyl (C=O) groups excluding carboxylic acids is 1. The summed E-state index contributed by atoms with van der Waals surface area (Å²) in [4.78, 5) is 16.8. The Hall–Kier alpha value is -2.76. The molecule has 0 spiro atoms. The molecule has 0 saturated carbocycles. The zero-order chi connectivity index (χ0) is 23.5. The number of nitrogens with zero attached hydrogens (tertiary/aromatic N) is 1. The molecule has 1 atom stereocenters. The second kappa shape index (κ2) is 9.39. The number of rotatable bonds is 8. The summed E-state index contributed by atoms with van der Waals surface area (Å²) >= 11 is 0. The van der Waals surface area contributed by atoms with Gasteiger partial charge in [0.05, 0.1) is 10.6 Å². The van der Waals surface area contributed by atoms with Gasteiger partial charge in [-0.2, -0.15) is 0 Å². The van der Waals surface area contributed by atoms with E-state index in [-0.39, 0.29) is 35.0 Å². The Morgan fingerprint density at radius 3 is 2.31 bits per heavy atom. The van der Waals surface area contributed by atoms with Crippen LogP contribution in [0.3, 0.4) is 0 Å². The molecule has 0 aliphatic carbocycles. The van der Waals surface area contributed by atoms with Gasteiger partial charge in [0.1, 0.15) is 11.9 Å². The van der Waals surface area contributed by atoms with Crippen molar-refractivity contribution in [1.82, 2.24) is 14.8 Å². The topological polar surface area (TPSA) is 134 Å². The standard InChI is InChI=1S/C21H26N4O5S2/c1-14(2)24-31(27,28)13-17-10-8-16(9-11-17)12-22-21(26)15(3)23-20-18-6-4-5-7-19(18)32(29,30)25-20/h4-11,14-15,24H,12-13H2,1-3H3,(H,22,26)(H,23,25)/t15-/m0/s1. The third-order valence-corrected chi connectivity index (χ3v) is 7.57. The van der Waals surface area contributed by atoms with Gasteiger partial charge in [-0.3, -0.25) is 14.5 Å². The van der Waals surface area contributed by atoms with Crippen LogP contribution in [0, 0.1) is 0 Å².